The molecule has 1 aliphatic carbocycles. The van der Waals surface area contributed by atoms with Crippen LogP contribution in [0.15, 0.2) is 12.3 Å². The summed E-state index contributed by atoms with van der Waals surface area (Å²) in [5.74, 6) is 3.54. The lowest BCUT2D eigenvalue weighted by Crippen LogP contribution is -2.47. The van der Waals surface area contributed by atoms with E-state index in [0.29, 0.717) is 18.4 Å². The van der Waals surface area contributed by atoms with Crippen molar-refractivity contribution in [2.75, 3.05) is 44.2 Å². The topological polar surface area (TPSA) is 57.7 Å². The van der Waals surface area contributed by atoms with Crippen LogP contribution in [0.2, 0.25) is 0 Å². The van der Waals surface area contributed by atoms with Crippen molar-refractivity contribution in [3.05, 3.63) is 17.8 Å². The van der Waals surface area contributed by atoms with Gasteiger partial charge in [0.15, 0.2) is 11.6 Å². The van der Waals surface area contributed by atoms with Crippen LogP contribution in [0.4, 0.5) is 5.82 Å². The summed E-state index contributed by atoms with van der Waals surface area (Å²) in [4.78, 5) is 21.6. The maximum Gasteiger partial charge on any atom is 0.220 e. The molecule has 0 unspecified atom stereocenters. The Morgan fingerprint density at radius 2 is 1.97 bits per heavy atom. The van der Waals surface area contributed by atoms with Crippen molar-refractivity contribution in [2.45, 2.75) is 64.8 Å². The Labute approximate surface area is 181 Å². The van der Waals surface area contributed by atoms with Gasteiger partial charge in [-0.2, -0.15) is 0 Å². The van der Waals surface area contributed by atoms with Crippen LogP contribution in [0.1, 0.15) is 57.9 Å². The summed E-state index contributed by atoms with van der Waals surface area (Å²) in [6, 6.07) is 2.49. The van der Waals surface area contributed by atoms with E-state index in [0.717, 1.165) is 69.5 Å². The highest BCUT2D eigenvalue weighted by Gasteiger charge is 2.26. The molecule has 3 aliphatic rings. The number of hydrogen-bond donors (Lipinski definition) is 1. The summed E-state index contributed by atoms with van der Waals surface area (Å²) in [6.45, 7) is 10.5. The normalized spacial score (nSPS) is 24.6. The molecule has 1 saturated heterocycles. The van der Waals surface area contributed by atoms with Crippen LogP contribution in [0, 0.1) is 11.8 Å². The van der Waals surface area contributed by atoms with Crippen LogP contribution in [0.3, 0.4) is 0 Å². The van der Waals surface area contributed by atoms with Gasteiger partial charge in [0.1, 0.15) is 0 Å². The van der Waals surface area contributed by atoms with Crippen LogP contribution in [0.25, 0.3) is 0 Å². The third-order valence-electron chi connectivity index (χ3n) is 6.92. The third kappa shape index (κ3) is 5.45. The molecule has 0 radical (unpaired) electrons. The summed E-state index contributed by atoms with van der Waals surface area (Å²) in [5.41, 5.74) is 1.30. The number of nitrogens with zero attached hydrogens (tertiary/aromatic N) is 3. The highest BCUT2D eigenvalue weighted by molar-refractivity contribution is 5.76. The minimum atomic E-state index is 0.232. The first-order valence-corrected chi connectivity index (χ1v) is 12.0. The molecule has 1 aromatic rings. The summed E-state index contributed by atoms with van der Waals surface area (Å²) >= 11 is 0. The molecule has 1 saturated carbocycles. The quantitative estimate of drug-likeness (QED) is 0.742. The van der Waals surface area contributed by atoms with E-state index >= 15 is 0 Å². The second-order valence-electron chi connectivity index (χ2n) is 9.72. The number of anilines is 1. The average Bonchev–Trinajstić information content (AvgIpc) is 3.22. The van der Waals surface area contributed by atoms with Gasteiger partial charge in [0.05, 0.1) is 6.61 Å². The largest absolute Gasteiger partial charge is 0.489 e. The maximum absolute atomic E-state index is 12.0. The Kier molecular flexibility index (Phi) is 7.13. The minimum absolute atomic E-state index is 0.232. The molecular weight excluding hydrogens is 376 g/mol. The highest BCUT2D eigenvalue weighted by Crippen LogP contribution is 2.34. The number of carbonyl (C=O) groups excluding carboxylic acids is 1. The fourth-order valence-electron chi connectivity index (χ4n) is 5.12. The lowest BCUT2D eigenvalue weighted by atomic mass is 9.84. The molecule has 0 spiro atoms. The van der Waals surface area contributed by atoms with Gasteiger partial charge in [-0.25, -0.2) is 4.98 Å². The van der Waals surface area contributed by atoms with Gasteiger partial charge in [0, 0.05) is 56.8 Å². The Morgan fingerprint density at radius 1 is 1.20 bits per heavy atom. The zero-order chi connectivity index (χ0) is 20.9. The zero-order valence-corrected chi connectivity index (χ0v) is 18.7. The molecule has 166 valence electrons. The molecule has 2 fully saturated rings. The molecule has 1 aromatic heterocycles. The average molecular weight is 415 g/mol. The van der Waals surface area contributed by atoms with Gasteiger partial charge in [-0.3, -0.25) is 9.69 Å². The fourth-order valence-corrected chi connectivity index (χ4v) is 5.12. The number of carbonyl (C=O) groups is 1. The molecule has 0 bridgehead atoms. The Balaban J connectivity index is 1.15. The second kappa shape index (κ2) is 9.99. The predicted octanol–water partition coefficient (Wildman–Crippen LogP) is 3.25. The molecule has 2 aliphatic heterocycles. The number of rotatable bonds is 7. The summed E-state index contributed by atoms with van der Waals surface area (Å²) < 4.78 is 5.84. The smallest absolute Gasteiger partial charge is 0.220 e. The SMILES string of the molecule is CC(C)CC(=O)N[C@H]1CC[C@H](CCN2CCN(c3nccc4c3OCC4)CC2)CC1. The van der Waals surface area contributed by atoms with Gasteiger partial charge < -0.3 is 15.0 Å². The number of amides is 1. The maximum atomic E-state index is 12.0. The molecule has 1 amide bonds. The zero-order valence-electron chi connectivity index (χ0n) is 18.7. The fraction of sp³-hybridized carbons (Fsp3) is 0.750. The molecule has 6 heteroatoms. The minimum Gasteiger partial charge on any atom is -0.489 e. The molecule has 30 heavy (non-hydrogen) atoms. The van der Waals surface area contributed by atoms with Gasteiger partial charge in [-0.05, 0) is 56.6 Å². The van der Waals surface area contributed by atoms with E-state index in [9.17, 15) is 4.79 Å². The van der Waals surface area contributed by atoms with E-state index in [1.54, 1.807) is 0 Å². The van der Waals surface area contributed by atoms with Crippen LogP contribution >= 0.6 is 0 Å². The number of piperazine rings is 1. The van der Waals surface area contributed by atoms with Crippen LogP contribution < -0.4 is 15.0 Å². The molecule has 3 heterocycles. The van der Waals surface area contributed by atoms with Crippen molar-refractivity contribution in [1.82, 2.24) is 15.2 Å². The predicted molar refractivity (Wildman–Crippen MR) is 120 cm³/mol. The number of fused-ring (bicyclic) bond motifs is 1. The van der Waals surface area contributed by atoms with Crippen molar-refractivity contribution in [3.8, 4) is 5.75 Å². The van der Waals surface area contributed by atoms with Crippen molar-refractivity contribution in [1.29, 1.82) is 0 Å². The number of aromatic nitrogens is 1. The van der Waals surface area contributed by atoms with Crippen molar-refractivity contribution < 1.29 is 9.53 Å². The van der Waals surface area contributed by atoms with Gasteiger partial charge in [-0.1, -0.05) is 13.8 Å². The summed E-state index contributed by atoms with van der Waals surface area (Å²) in [7, 11) is 0. The molecular formula is C24H38N4O2. The Morgan fingerprint density at radius 3 is 2.70 bits per heavy atom. The van der Waals surface area contributed by atoms with Crippen molar-refractivity contribution in [3.63, 3.8) is 0 Å². The monoisotopic (exact) mass is 414 g/mol. The first-order chi connectivity index (χ1) is 14.6. The highest BCUT2D eigenvalue weighted by atomic mass is 16.5. The first-order valence-electron chi connectivity index (χ1n) is 12.0. The van der Waals surface area contributed by atoms with Gasteiger partial charge in [0.25, 0.3) is 0 Å². The number of pyridine rings is 1. The van der Waals surface area contributed by atoms with E-state index in [1.165, 1.54) is 31.4 Å². The number of hydrogen-bond acceptors (Lipinski definition) is 5. The van der Waals surface area contributed by atoms with Crippen LogP contribution in [-0.2, 0) is 11.2 Å². The molecule has 0 aromatic carbocycles. The molecule has 6 nitrogen and oxygen atoms in total. The lowest BCUT2D eigenvalue weighted by molar-refractivity contribution is -0.122. The third-order valence-corrected chi connectivity index (χ3v) is 6.92. The molecule has 4 rings (SSSR count). The van der Waals surface area contributed by atoms with E-state index < -0.39 is 0 Å². The van der Waals surface area contributed by atoms with Gasteiger partial charge in [-0.15, -0.1) is 0 Å². The summed E-state index contributed by atoms with van der Waals surface area (Å²) in [5, 5.41) is 3.24. The number of nitrogens with one attached hydrogen (secondary N) is 1. The van der Waals surface area contributed by atoms with E-state index in [1.807, 2.05) is 6.20 Å². The van der Waals surface area contributed by atoms with E-state index in [4.69, 9.17) is 4.74 Å². The van der Waals surface area contributed by atoms with Gasteiger partial charge >= 0.3 is 0 Å². The number of ether oxygens (including phenoxy) is 1. The van der Waals surface area contributed by atoms with Crippen LogP contribution in [-0.4, -0.2) is 61.2 Å². The molecule has 0 atom stereocenters. The van der Waals surface area contributed by atoms with Crippen molar-refractivity contribution in [2.24, 2.45) is 11.8 Å². The first kappa shape index (κ1) is 21.4. The van der Waals surface area contributed by atoms with E-state index in [-0.39, 0.29) is 5.91 Å². The lowest BCUT2D eigenvalue weighted by Gasteiger charge is -2.37. The standard InChI is InChI=1S/C24H38N4O2/c1-18(2)17-22(29)26-21-5-3-19(4-6-21)8-11-27-12-14-28(15-13-27)24-23-20(7-10-25-24)9-16-30-23/h7,10,18-19,21H,3-6,8-9,11-17H2,1-2H3,(H,26,29)/t19-,21-. The Hall–Kier alpha value is -1.82. The van der Waals surface area contributed by atoms with Gasteiger partial charge in [0.2, 0.25) is 5.91 Å². The van der Waals surface area contributed by atoms with E-state index in [2.05, 4.69) is 40.0 Å². The Bertz CT molecular complexity index is 707. The van der Waals surface area contributed by atoms with Crippen molar-refractivity contribution >= 4 is 11.7 Å². The molecule has 1 N–H and O–H groups in total. The summed E-state index contributed by atoms with van der Waals surface area (Å²) in [6.07, 6.45) is 9.67. The second-order valence-corrected chi connectivity index (χ2v) is 9.72. The van der Waals surface area contributed by atoms with Crippen LogP contribution in [0.5, 0.6) is 5.75 Å².